The monoisotopic (exact) mass is 383 g/mol. The first-order chi connectivity index (χ1) is 14.1. The van der Waals surface area contributed by atoms with Gasteiger partial charge in [0, 0.05) is 5.92 Å². The van der Waals surface area contributed by atoms with Gasteiger partial charge in [0.05, 0.1) is 11.7 Å². The Morgan fingerprint density at radius 3 is 2.31 bits per heavy atom. The zero-order valence-electron chi connectivity index (χ0n) is 16.7. The first-order valence-electron chi connectivity index (χ1n) is 10.2. The molecule has 1 aliphatic carbocycles. The number of aliphatic imine (C=N–C) groups is 1. The van der Waals surface area contributed by atoms with Gasteiger partial charge in [-0.1, -0.05) is 79.7 Å². The molecule has 29 heavy (non-hydrogen) atoms. The third kappa shape index (κ3) is 3.21. The summed E-state index contributed by atoms with van der Waals surface area (Å²) >= 11 is 0. The Morgan fingerprint density at radius 2 is 1.59 bits per heavy atom. The van der Waals surface area contributed by atoms with Crippen LogP contribution in [-0.2, 0) is 9.47 Å². The summed E-state index contributed by atoms with van der Waals surface area (Å²) in [7, 11) is 0. The highest BCUT2D eigenvalue weighted by molar-refractivity contribution is 5.88. The van der Waals surface area contributed by atoms with Gasteiger partial charge in [-0.25, -0.2) is 4.99 Å². The van der Waals surface area contributed by atoms with Gasteiger partial charge in [0.25, 0.3) is 0 Å². The summed E-state index contributed by atoms with van der Waals surface area (Å²) in [4.78, 5) is 5.09. The quantitative estimate of drug-likeness (QED) is 0.595. The highest BCUT2D eigenvalue weighted by Gasteiger charge is 2.42. The van der Waals surface area contributed by atoms with E-state index in [1.54, 1.807) is 6.26 Å². The molecule has 0 bridgehead atoms. The predicted octanol–water partition coefficient (Wildman–Crippen LogP) is 6.15. The molecule has 5 atom stereocenters. The Hall–Kier alpha value is -3.07. The predicted molar refractivity (Wildman–Crippen MR) is 115 cm³/mol. The van der Waals surface area contributed by atoms with Crippen LogP contribution in [0.2, 0.25) is 0 Å². The molecule has 0 amide bonds. The van der Waals surface area contributed by atoms with Crippen molar-refractivity contribution in [3.05, 3.63) is 108 Å². The molecule has 3 aliphatic rings. The fraction of sp³-hybridized carbons (Fsp3) is 0.269. The molecular formula is C26H25NO2. The van der Waals surface area contributed by atoms with Crippen LogP contribution in [0.4, 0.5) is 0 Å². The van der Waals surface area contributed by atoms with Crippen LogP contribution in [0.15, 0.2) is 102 Å². The second-order valence-corrected chi connectivity index (χ2v) is 8.26. The summed E-state index contributed by atoms with van der Waals surface area (Å²) in [5.41, 5.74) is 1.88. The van der Waals surface area contributed by atoms with Gasteiger partial charge in [-0.2, -0.15) is 0 Å². The lowest BCUT2D eigenvalue weighted by Crippen LogP contribution is -2.30. The van der Waals surface area contributed by atoms with E-state index in [4.69, 9.17) is 14.5 Å². The third-order valence-corrected chi connectivity index (χ3v) is 6.08. The van der Waals surface area contributed by atoms with E-state index in [1.165, 1.54) is 0 Å². The van der Waals surface area contributed by atoms with E-state index in [-0.39, 0.29) is 18.1 Å². The first-order valence-corrected chi connectivity index (χ1v) is 10.2. The van der Waals surface area contributed by atoms with Crippen LogP contribution in [0, 0.1) is 17.3 Å². The largest absolute Gasteiger partial charge is 0.469 e. The van der Waals surface area contributed by atoms with E-state index in [0.717, 1.165) is 22.8 Å². The fourth-order valence-corrected chi connectivity index (χ4v) is 4.35. The molecule has 0 aromatic heterocycles. The van der Waals surface area contributed by atoms with Gasteiger partial charge in [-0.15, -0.1) is 0 Å². The molecule has 0 spiro atoms. The van der Waals surface area contributed by atoms with Crippen LogP contribution in [0.5, 0.6) is 0 Å². The number of ether oxygens (including phenoxy) is 2. The van der Waals surface area contributed by atoms with Crippen LogP contribution in [-0.4, -0.2) is 5.90 Å². The lowest BCUT2D eigenvalue weighted by atomic mass is 9.77. The van der Waals surface area contributed by atoms with Crippen LogP contribution in [0.25, 0.3) is 0 Å². The minimum Gasteiger partial charge on any atom is -0.469 e. The van der Waals surface area contributed by atoms with Gasteiger partial charge < -0.3 is 9.47 Å². The number of hydrogen-bond acceptors (Lipinski definition) is 3. The summed E-state index contributed by atoms with van der Waals surface area (Å²) in [6.07, 6.45) is 10.4. The zero-order valence-corrected chi connectivity index (χ0v) is 16.7. The number of fused-ring (bicyclic) bond motifs is 1. The second kappa shape index (κ2) is 7.07. The number of rotatable bonds is 3. The standard InChI is InChI=1S/C26H25NO2/c1-18-14-16-28-22-17-26(2,15-13-21(18)22)25-27-23(19-9-5-3-6-10-19)24(29-25)20-11-7-4-8-12-20/h3-18,21,23-24H,1-2H3/t18?,21?,23-,24-,26?/m1/s1. The molecule has 0 saturated heterocycles. The number of hydrogen-bond donors (Lipinski definition) is 0. The summed E-state index contributed by atoms with van der Waals surface area (Å²) in [5, 5.41) is 0. The van der Waals surface area contributed by atoms with Crippen molar-refractivity contribution < 1.29 is 9.47 Å². The Balaban J connectivity index is 1.53. The average molecular weight is 383 g/mol. The van der Waals surface area contributed by atoms with E-state index >= 15 is 0 Å². The van der Waals surface area contributed by atoms with Gasteiger partial charge in [-0.05, 0) is 36.1 Å². The van der Waals surface area contributed by atoms with Crippen LogP contribution >= 0.6 is 0 Å². The van der Waals surface area contributed by atoms with Crippen LogP contribution < -0.4 is 0 Å². The molecule has 0 radical (unpaired) electrons. The molecule has 0 fully saturated rings. The van der Waals surface area contributed by atoms with E-state index in [9.17, 15) is 0 Å². The van der Waals surface area contributed by atoms with Crippen molar-refractivity contribution in [2.24, 2.45) is 22.2 Å². The summed E-state index contributed by atoms with van der Waals surface area (Å²) < 4.78 is 12.4. The van der Waals surface area contributed by atoms with Crippen molar-refractivity contribution in [3.63, 3.8) is 0 Å². The molecule has 5 rings (SSSR count). The van der Waals surface area contributed by atoms with E-state index in [2.05, 4.69) is 86.7 Å². The van der Waals surface area contributed by atoms with Crippen molar-refractivity contribution in [2.75, 3.05) is 0 Å². The molecule has 3 nitrogen and oxygen atoms in total. The summed E-state index contributed by atoms with van der Waals surface area (Å²) in [5.74, 6) is 2.44. The summed E-state index contributed by atoms with van der Waals surface area (Å²) in [6, 6.07) is 20.7. The minimum atomic E-state index is -0.423. The van der Waals surface area contributed by atoms with Crippen LogP contribution in [0.1, 0.15) is 37.1 Å². The van der Waals surface area contributed by atoms with Crippen molar-refractivity contribution in [1.29, 1.82) is 0 Å². The minimum absolute atomic E-state index is 0.0685. The van der Waals surface area contributed by atoms with Crippen molar-refractivity contribution in [3.8, 4) is 0 Å². The fourth-order valence-electron chi connectivity index (χ4n) is 4.35. The molecule has 3 unspecified atom stereocenters. The Morgan fingerprint density at radius 1 is 0.897 bits per heavy atom. The van der Waals surface area contributed by atoms with Gasteiger partial charge >= 0.3 is 0 Å². The number of benzene rings is 2. The highest BCUT2D eigenvalue weighted by atomic mass is 16.5. The number of allylic oxidation sites excluding steroid dienone is 2. The van der Waals surface area contributed by atoms with Crippen molar-refractivity contribution in [1.82, 2.24) is 0 Å². The smallest absolute Gasteiger partial charge is 0.198 e. The van der Waals surface area contributed by atoms with E-state index in [0.29, 0.717) is 5.92 Å². The molecule has 0 N–H and O–H groups in total. The molecular weight excluding hydrogens is 358 g/mol. The Bertz CT molecular complexity index is 1010. The zero-order chi connectivity index (χ0) is 19.8. The molecule has 2 aliphatic heterocycles. The van der Waals surface area contributed by atoms with E-state index in [1.807, 2.05) is 12.1 Å². The molecule has 2 aromatic carbocycles. The maximum Gasteiger partial charge on any atom is 0.198 e. The highest BCUT2D eigenvalue weighted by Crippen LogP contribution is 2.46. The maximum absolute atomic E-state index is 6.54. The topological polar surface area (TPSA) is 30.8 Å². The normalized spacial score (nSPS) is 32.6. The molecule has 0 saturated carbocycles. The second-order valence-electron chi connectivity index (χ2n) is 8.26. The molecule has 2 aromatic rings. The maximum atomic E-state index is 6.54. The van der Waals surface area contributed by atoms with Crippen molar-refractivity contribution >= 4 is 5.90 Å². The average Bonchev–Trinajstić information content (AvgIpc) is 3.22. The van der Waals surface area contributed by atoms with E-state index < -0.39 is 5.41 Å². The lowest BCUT2D eigenvalue weighted by molar-refractivity contribution is 0.180. The van der Waals surface area contributed by atoms with Gasteiger partial charge in [0.15, 0.2) is 12.0 Å². The Labute approximate surface area is 172 Å². The SMILES string of the molecule is CC1C=COC2=CC(C)(C3=N[C@H](c4ccccc4)[C@@H](c4ccccc4)O3)C=CC21. The van der Waals surface area contributed by atoms with Gasteiger partial charge in [0.2, 0.25) is 0 Å². The Kier molecular flexibility index (Phi) is 4.39. The van der Waals surface area contributed by atoms with Crippen LogP contribution in [0.3, 0.4) is 0 Å². The third-order valence-electron chi connectivity index (χ3n) is 6.08. The van der Waals surface area contributed by atoms with Crippen molar-refractivity contribution in [2.45, 2.75) is 26.0 Å². The van der Waals surface area contributed by atoms with Gasteiger partial charge in [0.1, 0.15) is 11.8 Å². The lowest BCUT2D eigenvalue weighted by Gasteiger charge is -2.33. The number of nitrogens with zero attached hydrogens (tertiary/aromatic N) is 1. The first kappa shape index (κ1) is 18.0. The molecule has 146 valence electrons. The summed E-state index contributed by atoms with van der Waals surface area (Å²) in [6.45, 7) is 4.36. The molecule has 3 heteroatoms. The molecule has 2 heterocycles. The van der Waals surface area contributed by atoms with Gasteiger partial charge in [-0.3, -0.25) is 0 Å².